The van der Waals surface area contributed by atoms with Gasteiger partial charge in [-0.05, 0) is 18.8 Å². The fraction of sp³-hybridized carbons (Fsp3) is 0.714. The molecule has 0 aromatic carbocycles. The van der Waals surface area contributed by atoms with Crippen LogP contribution in [0.25, 0.3) is 0 Å². The summed E-state index contributed by atoms with van der Waals surface area (Å²) in [5.74, 6) is 0.790. The molecule has 1 heteroatoms. The minimum atomic E-state index is 0.534. The van der Waals surface area contributed by atoms with Crippen molar-refractivity contribution >= 4 is 12.6 Å². The summed E-state index contributed by atoms with van der Waals surface area (Å²) in [7, 11) is 0. The van der Waals surface area contributed by atoms with Gasteiger partial charge in [0, 0.05) is 5.25 Å². The first kappa shape index (κ1) is 6.21. The Hall–Kier alpha value is 0.0900. The molecule has 46 valence electrons. The highest BCUT2D eigenvalue weighted by Crippen LogP contribution is 2.19. The lowest BCUT2D eigenvalue weighted by atomic mass is 9.98. The van der Waals surface area contributed by atoms with E-state index in [4.69, 9.17) is 0 Å². The Kier molecular flexibility index (Phi) is 2.01. The van der Waals surface area contributed by atoms with Gasteiger partial charge in [-0.15, -0.1) is 0 Å². The van der Waals surface area contributed by atoms with Crippen molar-refractivity contribution in [3.63, 3.8) is 0 Å². The van der Waals surface area contributed by atoms with Gasteiger partial charge in [-0.3, -0.25) is 0 Å². The minimum absolute atomic E-state index is 0.534. The molecule has 0 fully saturated rings. The maximum Gasteiger partial charge on any atom is 0.0197 e. The second kappa shape index (κ2) is 2.58. The van der Waals surface area contributed by atoms with E-state index >= 15 is 0 Å². The van der Waals surface area contributed by atoms with E-state index in [2.05, 4.69) is 31.7 Å². The zero-order chi connectivity index (χ0) is 5.98. The van der Waals surface area contributed by atoms with Crippen molar-refractivity contribution in [1.82, 2.24) is 0 Å². The predicted octanol–water partition coefficient (Wildman–Crippen LogP) is 2.27. The first-order valence-electron chi connectivity index (χ1n) is 3.15. The summed E-state index contributed by atoms with van der Waals surface area (Å²) in [4.78, 5) is 0. The first-order valence-corrected chi connectivity index (χ1v) is 3.67. The fourth-order valence-corrected chi connectivity index (χ4v) is 1.19. The zero-order valence-electron chi connectivity index (χ0n) is 5.17. The van der Waals surface area contributed by atoms with Gasteiger partial charge in [0.25, 0.3) is 0 Å². The zero-order valence-corrected chi connectivity index (χ0v) is 6.07. The SMILES string of the molecule is CC1C=CC(S)CC1. The van der Waals surface area contributed by atoms with E-state index in [9.17, 15) is 0 Å². The molecule has 0 bridgehead atoms. The summed E-state index contributed by atoms with van der Waals surface area (Å²) in [6.45, 7) is 2.25. The van der Waals surface area contributed by atoms with Crippen LogP contribution in [-0.2, 0) is 0 Å². The normalized spacial score (nSPS) is 37.8. The molecule has 1 aliphatic carbocycles. The maximum atomic E-state index is 4.32. The predicted molar refractivity (Wildman–Crippen MR) is 40.3 cm³/mol. The summed E-state index contributed by atoms with van der Waals surface area (Å²) in [6, 6.07) is 0. The lowest BCUT2D eigenvalue weighted by Gasteiger charge is -2.14. The molecule has 0 heterocycles. The summed E-state index contributed by atoms with van der Waals surface area (Å²) >= 11 is 4.32. The van der Waals surface area contributed by atoms with Gasteiger partial charge in [0.2, 0.25) is 0 Å². The van der Waals surface area contributed by atoms with Gasteiger partial charge in [0.15, 0.2) is 0 Å². The third kappa shape index (κ3) is 1.55. The summed E-state index contributed by atoms with van der Waals surface area (Å²) in [5.41, 5.74) is 0. The fourth-order valence-electron chi connectivity index (χ4n) is 0.944. The number of thiol groups is 1. The molecule has 2 atom stereocenters. The molecule has 1 rings (SSSR count). The molecule has 0 nitrogen and oxygen atoms in total. The smallest absolute Gasteiger partial charge is 0.0197 e. The first-order chi connectivity index (χ1) is 3.79. The van der Waals surface area contributed by atoms with Gasteiger partial charge in [0.1, 0.15) is 0 Å². The van der Waals surface area contributed by atoms with Crippen LogP contribution in [0, 0.1) is 5.92 Å². The van der Waals surface area contributed by atoms with Crippen LogP contribution in [-0.4, -0.2) is 5.25 Å². The van der Waals surface area contributed by atoms with Crippen molar-refractivity contribution in [1.29, 1.82) is 0 Å². The molecule has 0 aliphatic heterocycles. The molecule has 0 aromatic heterocycles. The molecule has 8 heavy (non-hydrogen) atoms. The van der Waals surface area contributed by atoms with Crippen molar-refractivity contribution in [2.75, 3.05) is 0 Å². The van der Waals surface area contributed by atoms with Crippen LogP contribution >= 0.6 is 12.6 Å². The van der Waals surface area contributed by atoms with E-state index in [1.165, 1.54) is 12.8 Å². The Morgan fingerprint density at radius 1 is 1.38 bits per heavy atom. The molecule has 0 spiro atoms. The quantitative estimate of drug-likeness (QED) is 0.375. The van der Waals surface area contributed by atoms with Crippen LogP contribution in [0.2, 0.25) is 0 Å². The molecular weight excluding hydrogens is 116 g/mol. The van der Waals surface area contributed by atoms with Gasteiger partial charge < -0.3 is 0 Å². The number of allylic oxidation sites excluding steroid dienone is 1. The van der Waals surface area contributed by atoms with Crippen LogP contribution in [0.3, 0.4) is 0 Å². The molecule has 0 aromatic rings. The molecule has 2 unspecified atom stereocenters. The van der Waals surface area contributed by atoms with Crippen molar-refractivity contribution in [3.05, 3.63) is 12.2 Å². The Morgan fingerprint density at radius 2 is 2.12 bits per heavy atom. The molecular formula is C7H12S. The highest BCUT2D eigenvalue weighted by molar-refractivity contribution is 7.81. The van der Waals surface area contributed by atoms with Crippen LogP contribution < -0.4 is 0 Å². The molecule has 1 aliphatic rings. The minimum Gasteiger partial charge on any atom is -0.172 e. The van der Waals surface area contributed by atoms with Crippen LogP contribution in [0.15, 0.2) is 12.2 Å². The summed E-state index contributed by atoms with van der Waals surface area (Å²) in [5, 5.41) is 0.534. The van der Waals surface area contributed by atoms with Crippen LogP contribution in [0.1, 0.15) is 19.8 Å². The monoisotopic (exact) mass is 128 g/mol. The van der Waals surface area contributed by atoms with Gasteiger partial charge in [-0.25, -0.2) is 0 Å². The molecule has 0 saturated carbocycles. The van der Waals surface area contributed by atoms with E-state index in [0.29, 0.717) is 5.25 Å². The molecule has 0 N–H and O–H groups in total. The Morgan fingerprint density at radius 3 is 2.50 bits per heavy atom. The van der Waals surface area contributed by atoms with Gasteiger partial charge in [0.05, 0.1) is 0 Å². The second-order valence-electron chi connectivity index (χ2n) is 2.51. The van der Waals surface area contributed by atoms with Gasteiger partial charge >= 0.3 is 0 Å². The number of rotatable bonds is 0. The Balaban J connectivity index is 2.42. The average molecular weight is 128 g/mol. The van der Waals surface area contributed by atoms with E-state index in [1.807, 2.05) is 0 Å². The Labute approximate surface area is 56.4 Å². The van der Waals surface area contributed by atoms with Crippen molar-refractivity contribution in [2.45, 2.75) is 25.0 Å². The van der Waals surface area contributed by atoms with Crippen LogP contribution in [0.4, 0.5) is 0 Å². The lowest BCUT2D eigenvalue weighted by molar-refractivity contribution is 0.592. The highest BCUT2D eigenvalue weighted by atomic mass is 32.1. The Bertz CT molecular complexity index is 84.6. The molecule has 0 amide bonds. The van der Waals surface area contributed by atoms with Crippen LogP contribution in [0.5, 0.6) is 0 Å². The van der Waals surface area contributed by atoms with Gasteiger partial charge in [-0.2, -0.15) is 12.6 Å². The standard InChI is InChI=1S/C7H12S/c1-6-2-4-7(8)5-3-6/h2,4,6-8H,3,5H2,1H3. The maximum absolute atomic E-state index is 4.32. The highest BCUT2D eigenvalue weighted by Gasteiger charge is 2.07. The molecule has 0 saturated heterocycles. The van der Waals surface area contributed by atoms with Crippen molar-refractivity contribution < 1.29 is 0 Å². The largest absolute Gasteiger partial charge is 0.172 e. The summed E-state index contributed by atoms with van der Waals surface area (Å²) < 4.78 is 0. The topological polar surface area (TPSA) is 0 Å². The average Bonchev–Trinajstić information content (AvgIpc) is 1.77. The van der Waals surface area contributed by atoms with Gasteiger partial charge in [-0.1, -0.05) is 19.1 Å². The van der Waals surface area contributed by atoms with Crippen molar-refractivity contribution in [3.8, 4) is 0 Å². The second-order valence-corrected chi connectivity index (χ2v) is 3.17. The van der Waals surface area contributed by atoms with E-state index in [-0.39, 0.29) is 0 Å². The third-order valence-electron chi connectivity index (χ3n) is 1.58. The van der Waals surface area contributed by atoms with E-state index < -0.39 is 0 Å². The number of hydrogen-bond donors (Lipinski definition) is 1. The molecule has 0 radical (unpaired) electrons. The third-order valence-corrected chi connectivity index (χ3v) is 2.01. The van der Waals surface area contributed by atoms with E-state index in [1.54, 1.807) is 0 Å². The number of hydrogen-bond acceptors (Lipinski definition) is 1. The lowest BCUT2D eigenvalue weighted by Crippen LogP contribution is -2.04. The van der Waals surface area contributed by atoms with Crippen molar-refractivity contribution in [2.24, 2.45) is 5.92 Å². The summed E-state index contributed by atoms with van der Waals surface area (Å²) in [6.07, 6.45) is 7.00. The van der Waals surface area contributed by atoms with E-state index in [0.717, 1.165) is 5.92 Å².